The van der Waals surface area contributed by atoms with Crippen LogP contribution in [0.25, 0.3) is 0 Å². The van der Waals surface area contributed by atoms with Gasteiger partial charge in [0.25, 0.3) is 0 Å². The van der Waals surface area contributed by atoms with E-state index in [1.54, 1.807) is 12.1 Å². The molecule has 3 nitrogen and oxygen atoms in total. The van der Waals surface area contributed by atoms with Gasteiger partial charge in [0.15, 0.2) is 0 Å². The Kier molecular flexibility index (Phi) is 4.11. The van der Waals surface area contributed by atoms with Gasteiger partial charge in [0.05, 0.1) is 0 Å². The van der Waals surface area contributed by atoms with Gasteiger partial charge in [-0.2, -0.15) is 0 Å². The second-order valence-electron chi connectivity index (χ2n) is 5.59. The minimum Gasteiger partial charge on any atom is -0.314 e. The normalized spacial score (nSPS) is 25.8. The van der Waals surface area contributed by atoms with Crippen molar-refractivity contribution in [3.05, 3.63) is 35.6 Å². The SMILES string of the molecule is Fc1ccc(CN2CCC(N3CCNCC3)C2)cc1. The summed E-state index contributed by atoms with van der Waals surface area (Å²) in [6.45, 7) is 7.85. The first-order valence-corrected chi connectivity index (χ1v) is 7.23. The van der Waals surface area contributed by atoms with Crippen LogP contribution in [0.4, 0.5) is 4.39 Å². The van der Waals surface area contributed by atoms with Crippen LogP contribution >= 0.6 is 0 Å². The third-order valence-electron chi connectivity index (χ3n) is 4.23. The van der Waals surface area contributed by atoms with Gasteiger partial charge in [0, 0.05) is 51.9 Å². The molecule has 1 N–H and O–H groups in total. The summed E-state index contributed by atoms with van der Waals surface area (Å²) < 4.78 is 12.9. The van der Waals surface area contributed by atoms with Crippen LogP contribution in [-0.4, -0.2) is 55.1 Å². The summed E-state index contributed by atoms with van der Waals surface area (Å²) in [5.41, 5.74) is 1.21. The van der Waals surface area contributed by atoms with Gasteiger partial charge in [-0.15, -0.1) is 0 Å². The lowest BCUT2D eigenvalue weighted by molar-refractivity contribution is 0.170. The van der Waals surface area contributed by atoms with Crippen molar-refractivity contribution in [2.75, 3.05) is 39.3 Å². The number of likely N-dealkylation sites (tertiary alicyclic amines) is 1. The number of rotatable bonds is 3. The molecule has 4 heteroatoms. The average molecular weight is 263 g/mol. The fourth-order valence-electron chi connectivity index (χ4n) is 3.15. The van der Waals surface area contributed by atoms with Crippen LogP contribution in [0.5, 0.6) is 0 Å². The Labute approximate surface area is 114 Å². The van der Waals surface area contributed by atoms with Crippen molar-refractivity contribution in [1.29, 1.82) is 0 Å². The van der Waals surface area contributed by atoms with Crippen molar-refractivity contribution in [3.8, 4) is 0 Å². The Balaban J connectivity index is 1.52. The molecule has 2 aliphatic heterocycles. The smallest absolute Gasteiger partial charge is 0.123 e. The summed E-state index contributed by atoms with van der Waals surface area (Å²) in [5, 5.41) is 3.40. The van der Waals surface area contributed by atoms with Crippen molar-refractivity contribution in [2.24, 2.45) is 0 Å². The maximum absolute atomic E-state index is 12.9. The lowest BCUT2D eigenvalue weighted by Gasteiger charge is -2.32. The Hall–Kier alpha value is -0.970. The first kappa shape index (κ1) is 13.0. The zero-order chi connectivity index (χ0) is 13.1. The predicted octanol–water partition coefficient (Wildman–Crippen LogP) is 1.31. The highest BCUT2D eigenvalue weighted by Gasteiger charge is 2.28. The molecular weight excluding hydrogens is 241 g/mol. The lowest BCUT2D eigenvalue weighted by Crippen LogP contribution is -2.49. The molecule has 1 unspecified atom stereocenters. The molecule has 3 rings (SSSR count). The van der Waals surface area contributed by atoms with Crippen LogP contribution in [0.2, 0.25) is 0 Å². The van der Waals surface area contributed by atoms with E-state index < -0.39 is 0 Å². The van der Waals surface area contributed by atoms with Crippen molar-refractivity contribution < 1.29 is 4.39 Å². The van der Waals surface area contributed by atoms with Gasteiger partial charge in [-0.05, 0) is 24.1 Å². The number of piperazine rings is 1. The van der Waals surface area contributed by atoms with E-state index in [4.69, 9.17) is 0 Å². The molecule has 104 valence electrons. The molecule has 2 saturated heterocycles. The van der Waals surface area contributed by atoms with Crippen molar-refractivity contribution in [3.63, 3.8) is 0 Å². The summed E-state index contributed by atoms with van der Waals surface area (Å²) >= 11 is 0. The highest BCUT2D eigenvalue weighted by atomic mass is 19.1. The Bertz CT molecular complexity index is 400. The summed E-state index contributed by atoms with van der Waals surface area (Å²) in [6, 6.07) is 7.61. The molecule has 0 radical (unpaired) electrons. The lowest BCUT2D eigenvalue weighted by atomic mass is 10.2. The molecule has 1 aromatic carbocycles. The molecule has 0 aliphatic carbocycles. The first-order chi connectivity index (χ1) is 9.31. The van der Waals surface area contributed by atoms with E-state index in [9.17, 15) is 4.39 Å². The zero-order valence-corrected chi connectivity index (χ0v) is 11.3. The van der Waals surface area contributed by atoms with E-state index in [1.807, 2.05) is 12.1 Å². The van der Waals surface area contributed by atoms with E-state index >= 15 is 0 Å². The third-order valence-corrected chi connectivity index (χ3v) is 4.23. The highest BCUT2D eigenvalue weighted by Crippen LogP contribution is 2.18. The van der Waals surface area contributed by atoms with Gasteiger partial charge in [0.1, 0.15) is 5.82 Å². The summed E-state index contributed by atoms with van der Waals surface area (Å²) in [4.78, 5) is 5.10. The van der Waals surface area contributed by atoms with Crippen LogP contribution in [0.1, 0.15) is 12.0 Å². The fraction of sp³-hybridized carbons (Fsp3) is 0.600. The van der Waals surface area contributed by atoms with E-state index in [1.165, 1.54) is 25.1 Å². The second-order valence-corrected chi connectivity index (χ2v) is 5.59. The molecule has 0 bridgehead atoms. The molecule has 2 aliphatic rings. The second kappa shape index (κ2) is 5.99. The molecule has 19 heavy (non-hydrogen) atoms. The zero-order valence-electron chi connectivity index (χ0n) is 11.3. The van der Waals surface area contributed by atoms with Crippen LogP contribution in [0.3, 0.4) is 0 Å². The minimum absolute atomic E-state index is 0.149. The molecule has 1 aromatic rings. The van der Waals surface area contributed by atoms with Gasteiger partial charge in [0.2, 0.25) is 0 Å². The largest absolute Gasteiger partial charge is 0.314 e. The van der Waals surface area contributed by atoms with Gasteiger partial charge in [-0.1, -0.05) is 12.1 Å². The molecule has 2 fully saturated rings. The molecule has 0 saturated carbocycles. The molecule has 0 aromatic heterocycles. The maximum Gasteiger partial charge on any atom is 0.123 e. The standard InChI is InChI=1S/C15H22FN3/c16-14-3-1-13(2-4-14)11-18-8-5-15(12-18)19-9-6-17-7-10-19/h1-4,15,17H,5-12H2. The van der Waals surface area contributed by atoms with Crippen LogP contribution in [0.15, 0.2) is 24.3 Å². The maximum atomic E-state index is 12.9. The summed E-state index contributed by atoms with van der Waals surface area (Å²) in [6.07, 6.45) is 1.27. The van der Waals surface area contributed by atoms with Crippen LogP contribution in [0, 0.1) is 5.82 Å². The number of hydrogen-bond acceptors (Lipinski definition) is 3. The molecule has 0 amide bonds. The van der Waals surface area contributed by atoms with E-state index in [0.717, 1.165) is 32.7 Å². The monoisotopic (exact) mass is 263 g/mol. The van der Waals surface area contributed by atoms with Crippen LogP contribution < -0.4 is 5.32 Å². The van der Waals surface area contributed by atoms with Gasteiger partial charge in [-0.3, -0.25) is 9.80 Å². The number of nitrogens with one attached hydrogen (secondary N) is 1. The van der Waals surface area contributed by atoms with Crippen LogP contribution in [-0.2, 0) is 6.54 Å². The summed E-state index contributed by atoms with van der Waals surface area (Å²) in [5.74, 6) is -0.149. The van der Waals surface area contributed by atoms with E-state index in [-0.39, 0.29) is 5.82 Å². The quantitative estimate of drug-likeness (QED) is 0.887. The Morgan fingerprint density at radius 3 is 2.58 bits per heavy atom. The van der Waals surface area contributed by atoms with Crippen molar-refractivity contribution in [2.45, 2.75) is 19.0 Å². The average Bonchev–Trinajstić information content (AvgIpc) is 2.91. The number of hydrogen-bond donors (Lipinski definition) is 1. The first-order valence-electron chi connectivity index (χ1n) is 7.23. The molecule has 2 heterocycles. The van der Waals surface area contributed by atoms with E-state index in [0.29, 0.717) is 6.04 Å². The third kappa shape index (κ3) is 3.32. The summed E-state index contributed by atoms with van der Waals surface area (Å²) in [7, 11) is 0. The number of nitrogens with zero attached hydrogens (tertiary/aromatic N) is 2. The Morgan fingerprint density at radius 2 is 1.84 bits per heavy atom. The number of benzene rings is 1. The predicted molar refractivity (Wildman–Crippen MR) is 74.5 cm³/mol. The van der Waals surface area contributed by atoms with Gasteiger partial charge >= 0.3 is 0 Å². The van der Waals surface area contributed by atoms with Crippen molar-refractivity contribution in [1.82, 2.24) is 15.1 Å². The Morgan fingerprint density at radius 1 is 1.11 bits per heavy atom. The fourth-order valence-corrected chi connectivity index (χ4v) is 3.15. The highest BCUT2D eigenvalue weighted by molar-refractivity contribution is 5.16. The van der Waals surface area contributed by atoms with Gasteiger partial charge < -0.3 is 5.32 Å². The number of halogens is 1. The minimum atomic E-state index is -0.149. The molecule has 0 spiro atoms. The topological polar surface area (TPSA) is 18.5 Å². The molecular formula is C15H22FN3. The van der Waals surface area contributed by atoms with Gasteiger partial charge in [-0.25, -0.2) is 4.39 Å². The molecule has 1 atom stereocenters. The van der Waals surface area contributed by atoms with Crippen molar-refractivity contribution >= 4 is 0 Å². The van der Waals surface area contributed by atoms with E-state index in [2.05, 4.69) is 15.1 Å².